The van der Waals surface area contributed by atoms with Gasteiger partial charge in [0.1, 0.15) is 11.6 Å². The van der Waals surface area contributed by atoms with Gasteiger partial charge < -0.3 is 16.0 Å². The van der Waals surface area contributed by atoms with E-state index < -0.39 is 0 Å². The molecule has 1 heterocycles. The molecule has 0 aliphatic rings. The highest BCUT2D eigenvalue weighted by atomic mass is 15.1. The Morgan fingerprint density at radius 3 is 2.46 bits per heavy atom. The minimum atomic E-state index is 0.463. The fourth-order valence-corrected chi connectivity index (χ4v) is 1.31. The molecule has 74 valence electrons. The summed E-state index contributed by atoms with van der Waals surface area (Å²) in [5.41, 5.74) is 5.72. The fourth-order valence-electron chi connectivity index (χ4n) is 1.31. The smallest absolute Gasteiger partial charge is 0.168 e. The first-order chi connectivity index (χ1) is 6.17. The zero-order valence-electron chi connectivity index (χ0n) is 8.52. The van der Waals surface area contributed by atoms with E-state index >= 15 is 0 Å². The molecule has 4 N–H and O–H groups in total. The highest BCUT2D eigenvalue weighted by Crippen LogP contribution is 2.16. The average Bonchev–Trinajstić information content (AvgIpc) is 2.41. The molecule has 4 heteroatoms. The monoisotopic (exact) mass is 182 g/mol. The molecule has 1 rings (SSSR count). The topological polar surface area (TPSA) is 66.7 Å². The van der Waals surface area contributed by atoms with Crippen molar-refractivity contribution in [3.63, 3.8) is 0 Å². The number of nitrogen functional groups attached to an aromatic ring is 1. The number of aromatic amines is 1. The van der Waals surface area contributed by atoms with Crippen LogP contribution in [0.4, 0.5) is 11.6 Å². The maximum atomic E-state index is 5.72. The van der Waals surface area contributed by atoms with Crippen LogP contribution < -0.4 is 11.1 Å². The molecule has 0 unspecified atom stereocenters. The summed E-state index contributed by atoms with van der Waals surface area (Å²) in [6, 6.07) is 0.463. The Labute approximate surface area is 78.9 Å². The van der Waals surface area contributed by atoms with Gasteiger partial charge in [-0.15, -0.1) is 0 Å². The van der Waals surface area contributed by atoms with Gasteiger partial charge in [0, 0.05) is 6.04 Å². The first-order valence-electron chi connectivity index (χ1n) is 4.76. The van der Waals surface area contributed by atoms with E-state index in [0.717, 1.165) is 24.5 Å². The lowest BCUT2D eigenvalue weighted by molar-refractivity contribution is 0.669. The van der Waals surface area contributed by atoms with Crippen LogP contribution in [0.2, 0.25) is 0 Å². The Bertz CT molecular complexity index is 263. The number of aryl methyl sites for hydroxylation is 1. The largest absolute Gasteiger partial charge is 0.382 e. The predicted octanol–water partition coefficient (Wildman–Crippen LogP) is 1.90. The Kier molecular flexibility index (Phi) is 3.17. The summed E-state index contributed by atoms with van der Waals surface area (Å²) in [6.07, 6.45) is 2.17. The number of hydrogen-bond acceptors (Lipinski definition) is 3. The molecule has 0 saturated carbocycles. The van der Waals surface area contributed by atoms with Gasteiger partial charge in [0.15, 0.2) is 5.82 Å². The average molecular weight is 182 g/mol. The van der Waals surface area contributed by atoms with Crippen LogP contribution in [-0.4, -0.2) is 16.0 Å². The maximum absolute atomic E-state index is 5.72. The van der Waals surface area contributed by atoms with Crippen LogP contribution >= 0.6 is 0 Å². The summed E-state index contributed by atoms with van der Waals surface area (Å²) in [6.45, 7) is 6.20. The second kappa shape index (κ2) is 4.16. The van der Waals surface area contributed by atoms with Crippen molar-refractivity contribution in [1.29, 1.82) is 0 Å². The van der Waals surface area contributed by atoms with Crippen molar-refractivity contribution < 1.29 is 0 Å². The molecular formula is C9H18N4. The summed E-state index contributed by atoms with van der Waals surface area (Å²) in [4.78, 5) is 7.22. The fraction of sp³-hybridized carbons (Fsp3) is 0.667. The first-order valence-corrected chi connectivity index (χ1v) is 4.76. The van der Waals surface area contributed by atoms with Gasteiger partial charge in [0.05, 0.1) is 0 Å². The number of nitrogens with zero attached hydrogens (tertiary/aromatic N) is 1. The molecule has 0 bridgehead atoms. The van der Waals surface area contributed by atoms with Crippen molar-refractivity contribution in [2.45, 2.75) is 39.7 Å². The van der Waals surface area contributed by atoms with Crippen molar-refractivity contribution in [2.75, 3.05) is 11.1 Å². The Morgan fingerprint density at radius 1 is 1.46 bits per heavy atom. The second-order valence-electron chi connectivity index (χ2n) is 3.24. The third-order valence-corrected chi connectivity index (χ3v) is 2.18. The van der Waals surface area contributed by atoms with Gasteiger partial charge in [-0.3, -0.25) is 0 Å². The van der Waals surface area contributed by atoms with E-state index in [1.807, 2.05) is 6.92 Å². The van der Waals surface area contributed by atoms with Gasteiger partial charge in [-0.2, -0.15) is 0 Å². The molecular weight excluding hydrogens is 164 g/mol. The third kappa shape index (κ3) is 2.37. The van der Waals surface area contributed by atoms with Crippen molar-refractivity contribution in [3.8, 4) is 0 Å². The molecule has 0 aromatic carbocycles. The van der Waals surface area contributed by atoms with Crippen LogP contribution in [0.5, 0.6) is 0 Å². The standard InChI is InChI=1S/C9H18N4/c1-4-7(5-2)13-9-8(10)11-6(3)12-9/h7,13H,4-5,10H2,1-3H3,(H,11,12). The van der Waals surface area contributed by atoms with Crippen LogP contribution in [0.15, 0.2) is 0 Å². The van der Waals surface area contributed by atoms with E-state index in [0.29, 0.717) is 11.9 Å². The lowest BCUT2D eigenvalue weighted by Crippen LogP contribution is -2.17. The van der Waals surface area contributed by atoms with E-state index in [4.69, 9.17) is 5.73 Å². The first kappa shape index (κ1) is 9.89. The van der Waals surface area contributed by atoms with E-state index in [1.54, 1.807) is 0 Å². The summed E-state index contributed by atoms with van der Waals surface area (Å²) >= 11 is 0. The van der Waals surface area contributed by atoms with E-state index in [9.17, 15) is 0 Å². The Morgan fingerprint density at radius 2 is 2.08 bits per heavy atom. The molecule has 0 saturated heterocycles. The summed E-state index contributed by atoms with van der Waals surface area (Å²) in [7, 11) is 0. The molecule has 0 aliphatic carbocycles. The molecule has 1 aromatic heterocycles. The van der Waals surface area contributed by atoms with Gasteiger partial charge in [0.25, 0.3) is 0 Å². The van der Waals surface area contributed by atoms with Crippen molar-refractivity contribution in [2.24, 2.45) is 0 Å². The van der Waals surface area contributed by atoms with Crippen LogP contribution in [0.3, 0.4) is 0 Å². The molecule has 0 fully saturated rings. The molecule has 13 heavy (non-hydrogen) atoms. The summed E-state index contributed by atoms with van der Waals surface area (Å²) < 4.78 is 0. The molecule has 1 aromatic rings. The highest BCUT2D eigenvalue weighted by Gasteiger charge is 2.08. The molecule has 4 nitrogen and oxygen atoms in total. The van der Waals surface area contributed by atoms with E-state index in [2.05, 4.69) is 29.1 Å². The van der Waals surface area contributed by atoms with Gasteiger partial charge >= 0.3 is 0 Å². The van der Waals surface area contributed by atoms with Gasteiger partial charge in [0.2, 0.25) is 0 Å². The van der Waals surface area contributed by atoms with Crippen LogP contribution in [0.1, 0.15) is 32.5 Å². The number of rotatable bonds is 4. The van der Waals surface area contributed by atoms with E-state index in [-0.39, 0.29) is 0 Å². The lowest BCUT2D eigenvalue weighted by atomic mass is 10.2. The highest BCUT2D eigenvalue weighted by molar-refractivity contribution is 5.57. The molecule has 0 radical (unpaired) electrons. The third-order valence-electron chi connectivity index (χ3n) is 2.18. The number of hydrogen-bond donors (Lipinski definition) is 3. The summed E-state index contributed by atoms with van der Waals surface area (Å²) in [5.74, 6) is 2.27. The quantitative estimate of drug-likeness (QED) is 0.666. The number of nitrogens with one attached hydrogen (secondary N) is 2. The molecule has 0 spiro atoms. The van der Waals surface area contributed by atoms with Gasteiger partial charge in [-0.25, -0.2) is 4.98 Å². The van der Waals surface area contributed by atoms with Crippen molar-refractivity contribution in [3.05, 3.63) is 5.82 Å². The van der Waals surface area contributed by atoms with Crippen LogP contribution in [0, 0.1) is 6.92 Å². The number of H-pyrrole nitrogens is 1. The minimum absolute atomic E-state index is 0.463. The second-order valence-corrected chi connectivity index (χ2v) is 3.24. The minimum Gasteiger partial charge on any atom is -0.382 e. The number of imidazole rings is 1. The number of aromatic nitrogens is 2. The van der Waals surface area contributed by atoms with Gasteiger partial charge in [-0.1, -0.05) is 13.8 Å². The van der Waals surface area contributed by atoms with Crippen LogP contribution in [0.25, 0.3) is 0 Å². The molecule has 0 atom stereocenters. The zero-order chi connectivity index (χ0) is 9.84. The number of nitrogens with two attached hydrogens (primary N) is 1. The summed E-state index contributed by atoms with van der Waals surface area (Å²) in [5, 5.41) is 3.30. The Hall–Kier alpha value is -1.19. The van der Waals surface area contributed by atoms with E-state index in [1.165, 1.54) is 0 Å². The number of anilines is 2. The van der Waals surface area contributed by atoms with Crippen molar-refractivity contribution >= 4 is 11.6 Å². The normalized spacial score (nSPS) is 10.8. The van der Waals surface area contributed by atoms with Gasteiger partial charge in [-0.05, 0) is 19.8 Å². The zero-order valence-corrected chi connectivity index (χ0v) is 8.52. The predicted molar refractivity (Wildman–Crippen MR) is 55.7 cm³/mol. The SMILES string of the molecule is CCC(CC)Nc1nc(C)[nH]c1N. The van der Waals surface area contributed by atoms with Crippen LogP contribution in [-0.2, 0) is 0 Å². The maximum Gasteiger partial charge on any atom is 0.168 e. The molecule has 0 amide bonds. The Balaban J connectivity index is 2.67. The molecule has 0 aliphatic heterocycles. The lowest BCUT2D eigenvalue weighted by Gasteiger charge is -2.13. The van der Waals surface area contributed by atoms with Crippen molar-refractivity contribution in [1.82, 2.24) is 9.97 Å².